The van der Waals surface area contributed by atoms with Gasteiger partial charge in [0.15, 0.2) is 12.4 Å². The van der Waals surface area contributed by atoms with Gasteiger partial charge in [0.25, 0.3) is 0 Å². The van der Waals surface area contributed by atoms with Crippen molar-refractivity contribution in [3.8, 4) is 0 Å². The van der Waals surface area contributed by atoms with Crippen LogP contribution in [0.1, 0.15) is 117 Å². The van der Waals surface area contributed by atoms with E-state index >= 15 is 0 Å². The molecule has 0 radical (unpaired) electrons. The van der Waals surface area contributed by atoms with E-state index in [-0.39, 0.29) is 12.4 Å². The van der Waals surface area contributed by atoms with Crippen molar-refractivity contribution in [3.63, 3.8) is 0 Å². The third-order valence-corrected chi connectivity index (χ3v) is 6.60. The van der Waals surface area contributed by atoms with Gasteiger partial charge in [0.1, 0.15) is 6.54 Å². The molecule has 3 atom stereocenters. The Morgan fingerprint density at radius 3 is 1.96 bits per heavy atom. The van der Waals surface area contributed by atoms with Crippen LogP contribution in [0.4, 0.5) is 0 Å². The molecule has 0 aromatic heterocycles. The Labute approximate surface area is 175 Å². The number of unbranched alkanes of at least 4 members (excludes halogenated alkanes) is 12. The van der Waals surface area contributed by atoms with Crippen LogP contribution >= 0.6 is 0 Å². The Bertz CT molecular complexity index is 419. The molecule has 0 aliphatic carbocycles. The SMILES string of the molecule is CCCCCCCCCCCC/C=C/CCCCC1N=CC[N+]1(CC)C(C)O. The minimum absolute atomic E-state index is 0.264. The first-order chi connectivity index (χ1) is 13.7. The predicted octanol–water partition coefficient (Wildman–Crippen LogP) is 7.00. The average molecular weight is 394 g/mol. The van der Waals surface area contributed by atoms with Gasteiger partial charge in [-0.15, -0.1) is 0 Å². The summed E-state index contributed by atoms with van der Waals surface area (Å²) in [7, 11) is 0. The monoisotopic (exact) mass is 393 g/mol. The maximum atomic E-state index is 10.2. The fraction of sp³-hybridized carbons (Fsp3) is 0.880. The molecule has 3 heteroatoms. The van der Waals surface area contributed by atoms with Crippen LogP contribution in [0, 0.1) is 0 Å². The van der Waals surface area contributed by atoms with Gasteiger partial charge in [0.05, 0.1) is 12.8 Å². The molecule has 1 rings (SSSR count). The highest BCUT2D eigenvalue weighted by Gasteiger charge is 2.41. The highest BCUT2D eigenvalue weighted by Crippen LogP contribution is 2.26. The number of hydrogen-bond donors (Lipinski definition) is 1. The lowest BCUT2D eigenvalue weighted by atomic mass is 10.1. The summed E-state index contributed by atoms with van der Waals surface area (Å²) in [5.41, 5.74) is 0. The Morgan fingerprint density at radius 2 is 1.43 bits per heavy atom. The number of hydrogen-bond acceptors (Lipinski definition) is 2. The van der Waals surface area contributed by atoms with Gasteiger partial charge in [0, 0.05) is 13.3 Å². The Hall–Kier alpha value is -0.670. The predicted molar refractivity (Wildman–Crippen MR) is 124 cm³/mol. The molecule has 0 saturated heterocycles. The first-order valence-corrected chi connectivity index (χ1v) is 12.4. The van der Waals surface area contributed by atoms with E-state index in [4.69, 9.17) is 0 Å². The van der Waals surface area contributed by atoms with Crippen molar-refractivity contribution in [2.45, 2.75) is 129 Å². The van der Waals surface area contributed by atoms with Gasteiger partial charge < -0.3 is 5.11 Å². The van der Waals surface area contributed by atoms with Crippen molar-refractivity contribution in [2.24, 2.45) is 4.99 Å². The van der Waals surface area contributed by atoms with Crippen LogP contribution in [0.3, 0.4) is 0 Å². The lowest BCUT2D eigenvalue weighted by Crippen LogP contribution is -2.57. The molecule has 3 unspecified atom stereocenters. The van der Waals surface area contributed by atoms with Gasteiger partial charge in [0.2, 0.25) is 0 Å². The van der Waals surface area contributed by atoms with E-state index in [1.807, 2.05) is 13.1 Å². The minimum Gasteiger partial charge on any atom is -0.345 e. The lowest BCUT2D eigenvalue weighted by Gasteiger charge is -2.40. The second kappa shape index (κ2) is 16.2. The molecule has 0 fully saturated rings. The van der Waals surface area contributed by atoms with Crippen molar-refractivity contribution in [2.75, 3.05) is 13.1 Å². The molecule has 0 saturated carbocycles. The van der Waals surface area contributed by atoms with Crippen molar-refractivity contribution >= 4 is 6.21 Å². The van der Waals surface area contributed by atoms with E-state index in [1.54, 1.807) is 0 Å². The molecule has 0 aromatic carbocycles. The van der Waals surface area contributed by atoms with Gasteiger partial charge in [-0.25, -0.2) is 4.99 Å². The van der Waals surface area contributed by atoms with Crippen molar-refractivity contribution in [3.05, 3.63) is 12.2 Å². The average Bonchev–Trinajstić information content (AvgIpc) is 3.12. The normalized spacial score (nSPS) is 23.1. The molecule has 0 aromatic rings. The van der Waals surface area contributed by atoms with Crippen LogP contribution in [0.15, 0.2) is 17.1 Å². The standard InChI is InChI=1S/C25H49N2O/c1-4-6-7-8-9-10-11-12-13-14-15-16-17-18-19-20-21-25-26-22-23-27(25,5-2)24(3)28/h16-17,22,24-25,28H,4-15,18-21,23H2,1-3H3/q+1/b17-16+. The van der Waals surface area contributed by atoms with Gasteiger partial charge in [-0.2, -0.15) is 0 Å². The van der Waals surface area contributed by atoms with E-state index in [0.29, 0.717) is 0 Å². The fourth-order valence-corrected chi connectivity index (χ4v) is 4.49. The molecule has 0 amide bonds. The number of aliphatic imine (C=N–C) groups is 1. The third-order valence-electron chi connectivity index (χ3n) is 6.60. The molecule has 28 heavy (non-hydrogen) atoms. The molecule has 164 valence electrons. The largest absolute Gasteiger partial charge is 0.345 e. The Morgan fingerprint density at radius 1 is 0.893 bits per heavy atom. The van der Waals surface area contributed by atoms with Crippen molar-refractivity contribution in [1.29, 1.82) is 0 Å². The molecule has 0 bridgehead atoms. The zero-order valence-electron chi connectivity index (χ0n) is 19.2. The van der Waals surface area contributed by atoms with Crippen LogP contribution in [0.25, 0.3) is 0 Å². The van der Waals surface area contributed by atoms with Gasteiger partial charge in [-0.1, -0.05) is 76.9 Å². The van der Waals surface area contributed by atoms with Crippen LogP contribution < -0.4 is 0 Å². The molecule has 1 aliphatic rings. The minimum atomic E-state index is -0.321. The summed E-state index contributed by atoms with van der Waals surface area (Å²) in [4.78, 5) is 4.66. The van der Waals surface area contributed by atoms with Crippen LogP contribution in [-0.2, 0) is 0 Å². The summed E-state index contributed by atoms with van der Waals surface area (Å²) in [5, 5.41) is 10.2. The van der Waals surface area contributed by atoms with E-state index in [2.05, 4.69) is 31.0 Å². The zero-order valence-corrected chi connectivity index (χ0v) is 19.2. The van der Waals surface area contributed by atoms with E-state index in [1.165, 1.54) is 89.9 Å². The summed E-state index contributed by atoms with van der Waals surface area (Å²) < 4.78 is 0.731. The van der Waals surface area contributed by atoms with Crippen molar-refractivity contribution in [1.82, 2.24) is 0 Å². The highest BCUT2D eigenvalue weighted by molar-refractivity contribution is 5.60. The van der Waals surface area contributed by atoms with Crippen LogP contribution in [-0.4, -0.2) is 41.3 Å². The quantitative estimate of drug-likeness (QED) is 0.152. The number of aliphatic hydroxyl groups is 1. The van der Waals surface area contributed by atoms with Gasteiger partial charge in [-0.05, 0) is 39.0 Å². The number of rotatable bonds is 18. The third kappa shape index (κ3) is 9.69. The van der Waals surface area contributed by atoms with Crippen LogP contribution in [0.2, 0.25) is 0 Å². The Balaban J connectivity index is 1.93. The van der Waals surface area contributed by atoms with Gasteiger partial charge >= 0.3 is 0 Å². The highest BCUT2D eigenvalue weighted by atomic mass is 16.3. The molecule has 3 nitrogen and oxygen atoms in total. The van der Waals surface area contributed by atoms with Crippen molar-refractivity contribution < 1.29 is 9.59 Å². The second-order valence-electron chi connectivity index (χ2n) is 8.77. The first kappa shape index (κ1) is 25.4. The molecular weight excluding hydrogens is 344 g/mol. The molecule has 1 N–H and O–H groups in total. The molecule has 1 heterocycles. The lowest BCUT2D eigenvalue weighted by molar-refractivity contribution is -0.976. The van der Waals surface area contributed by atoms with Crippen LogP contribution in [0.5, 0.6) is 0 Å². The smallest absolute Gasteiger partial charge is 0.189 e. The summed E-state index contributed by atoms with van der Waals surface area (Å²) in [5.74, 6) is 0. The summed E-state index contributed by atoms with van der Waals surface area (Å²) in [6, 6.07) is 0. The molecule has 0 spiro atoms. The second-order valence-corrected chi connectivity index (χ2v) is 8.77. The Kier molecular flexibility index (Phi) is 14.6. The maximum absolute atomic E-state index is 10.2. The number of quaternary nitrogens is 1. The fourth-order valence-electron chi connectivity index (χ4n) is 4.49. The number of nitrogens with zero attached hydrogens (tertiary/aromatic N) is 2. The van der Waals surface area contributed by atoms with Gasteiger partial charge in [-0.3, -0.25) is 4.48 Å². The van der Waals surface area contributed by atoms with E-state index in [9.17, 15) is 5.11 Å². The zero-order chi connectivity index (χ0) is 20.5. The first-order valence-electron chi connectivity index (χ1n) is 12.4. The topological polar surface area (TPSA) is 32.6 Å². The van der Waals surface area contributed by atoms with E-state index < -0.39 is 0 Å². The van der Waals surface area contributed by atoms with E-state index in [0.717, 1.165) is 24.0 Å². The molecular formula is C25H49N2O+. The summed E-state index contributed by atoms with van der Waals surface area (Å²) in [6.07, 6.45) is 26.9. The maximum Gasteiger partial charge on any atom is 0.189 e. The number of allylic oxidation sites excluding steroid dienone is 2. The number of aliphatic hydroxyl groups excluding tert-OH is 1. The molecule has 1 aliphatic heterocycles. The summed E-state index contributed by atoms with van der Waals surface area (Å²) in [6.45, 7) is 8.22. The summed E-state index contributed by atoms with van der Waals surface area (Å²) >= 11 is 0.